The van der Waals surface area contributed by atoms with Crippen LogP contribution >= 0.6 is 11.6 Å². The minimum absolute atomic E-state index is 0.00805. The molecule has 5 saturated heterocycles. The van der Waals surface area contributed by atoms with Crippen molar-refractivity contribution in [2.24, 2.45) is 4.99 Å². The lowest BCUT2D eigenvalue weighted by atomic mass is 9.77. The van der Waals surface area contributed by atoms with Gasteiger partial charge in [-0.25, -0.2) is 32.5 Å². The Kier molecular flexibility index (Phi) is 20.9. The predicted molar refractivity (Wildman–Crippen MR) is 287 cm³/mol. The molecule has 2 N–H and O–H groups in total. The average molecular weight is 1120 g/mol. The lowest BCUT2D eigenvalue weighted by Gasteiger charge is -2.37. The first-order chi connectivity index (χ1) is 37.2. The van der Waals surface area contributed by atoms with Crippen molar-refractivity contribution >= 4 is 65.9 Å². The normalized spacial score (nSPS) is 22.4. The van der Waals surface area contributed by atoms with Crippen LogP contribution in [-0.4, -0.2) is 214 Å². The molecule has 5 aliphatic rings. The molecule has 4 atom stereocenters. The molecule has 428 valence electrons. The molecule has 0 spiro atoms. The molecule has 0 unspecified atom stereocenters. The number of nitrogen functional groups attached to an aromatic ring is 1. The number of aromatic nitrogens is 8. The Morgan fingerprint density at radius 2 is 1.15 bits per heavy atom. The van der Waals surface area contributed by atoms with E-state index in [0.29, 0.717) is 109 Å². The second-order valence-electron chi connectivity index (χ2n) is 20.2. The van der Waals surface area contributed by atoms with Crippen molar-refractivity contribution in [3.63, 3.8) is 0 Å². The van der Waals surface area contributed by atoms with E-state index in [1.807, 2.05) is 44.4 Å². The summed E-state index contributed by atoms with van der Waals surface area (Å²) in [5, 5.41) is 0.200. The van der Waals surface area contributed by atoms with Gasteiger partial charge in [0.2, 0.25) is 29.1 Å². The number of rotatable bonds is 14. The van der Waals surface area contributed by atoms with Crippen LogP contribution in [0.4, 0.5) is 53.0 Å². The monoisotopic (exact) mass is 1120 g/mol. The molecule has 5 fully saturated rings. The van der Waals surface area contributed by atoms with Gasteiger partial charge >= 0.3 is 7.12 Å². The van der Waals surface area contributed by atoms with E-state index in [0.717, 1.165) is 12.6 Å². The number of methoxy groups -OCH3 is 2. The fourth-order valence-corrected chi connectivity index (χ4v) is 8.94. The van der Waals surface area contributed by atoms with Crippen molar-refractivity contribution in [1.82, 2.24) is 44.8 Å². The highest BCUT2D eigenvalue weighted by Crippen LogP contribution is 2.38. The molecular weight excluding hydrogens is 1050 g/mol. The number of ether oxygens (including phenoxy) is 6. The summed E-state index contributed by atoms with van der Waals surface area (Å²) >= 11 is 6.15. The first kappa shape index (κ1) is 60.2. The van der Waals surface area contributed by atoms with E-state index in [1.54, 1.807) is 33.2 Å². The second-order valence-corrected chi connectivity index (χ2v) is 20.6. The van der Waals surface area contributed by atoms with Gasteiger partial charge in [0.25, 0.3) is 12.9 Å². The summed E-state index contributed by atoms with van der Waals surface area (Å²) in [7, 11) is 5.99. The van der Waals surface area contributed by atoms with Gasteiger partial charge < -0.3 is 68.0 Å². The summed E-state index contributed by atoms with van der Waals surface area (Å²) in [5.41, 5.74) is 4.37. The molecule has 0 aliphatic carbocycles. The van der Waals surface area contributed by atoms with Crippen LogP contribution in [0.3, 0.4) is 0 Å². The van der Waals surface area contributed by atoms with Gasteiger partial charge in [-0.1, -0.05) is 0 Å². The quantitative estimate of drug-likeness (QED) is 0.0782. The zero-order valence-corrected chi connectivity index (χ0v) is 46.6. The van der Waals surface area contributed by atoms with E-state index in [-0.39, 0.29) is 69.1 Å². The van der Waals surface area contributed by atoms with Crippen LogP contribution in [0.25, 0.3) is 11.4 Å². The van der Waals surface area contributed by atoms with E-state index in [9.17, 15) is 17.6 Å². The number of alkyl halides is 4. The minimum Gasteiger partial charge on any atom is -0.399 e. The number of anilines is 5. The molecule has 5 aliphatic heterocycles. The first-order valence-electron chi connectivity index (χ1n) is 25.6. The van der Waals surface area contributed by atoms with Gasteiger partial charge in [-0.2, -0.15) is 29.9 Å². The SMILES string of the molecule is CN(C)C=Nc1cc(C(F)F)c(B2OC(C)(C)C(C)(C)O2)cn1.COC[C@@H]1COCCN1c1nc(-c2cnc(N)cc2C(F)F)nc(N2CCOC[C@H]2C)n1.COC[C@@H]1COCCN1c1nc(Cl)nc(N2CCOC[C@H]2C)n1. The van der Waals surface area contributed by atoms with Crippen LogP contribution in [0.5, 0.6) is 0 Å². The highest BCUT2D eigenvalue weighted by molar-refractivity contribution is 6.62. The minimum atomic E-state index is -2.76. The smallest absolute Gasteiger partial charge is 0.399 e. The maximum Gasteiger partial charge on any atom is 0.496 e. The van der Waals surface area contributed by atoms with E-state index < -0.39 is 31.2 Å². The summed E-state index contributed by atoms with van der Waals surface area (Å²) in [6.07, 6.45) is -1.28. The van der Waals surface area contributed by atoms with Crippen molar-refractivity contribution in [2.75, 3.05) is 146 Å². The zero-order valence-electron chi connectivity index (χ0n) is 45.8. The number of nitrogens with zero attached hydrogens (tertiary/aromatic N) is 14. The van der Waals surface area contributed by atoms with E-state index >= 15 is 0 Å². The fraction of sp³-hybridized carbons (Fsp3) is 0.653. The summed E-state index contributed by atoms with van der Waals surface area (Å²) in [6.45, 7) is 19.6. The number of aliphatic imine (C=N–C) groups is 1. The van der Waals surface area contributed by atoms with Crippen molar-refractivity contribution < 1.29 is 55.3 Å². The third kappa shape index (κ3) is 15.1. The number of hydrogen-bond donors (Lipinski definition) is 1. The summed E-state index contributed by atoms with van der Waals surface area (Å²) in [4.78, 5) is 49.1. The van der Waals surface area contributed by atoms with Crippen LogP contribution < -0.4 is 30.8 Å². The van der Waals surface area contributed by atoms with E-state index in [4.69, 9.17) is 60.0 Å². The number of hydrogen-bond acceptors (Lipinski definition) is 22. The molecule has 0 radical (unpaired) electrons. The average Bonchev–Trinajstić information content (AvgIpc) is 3.68. The lowest BCUT2D eigenvalue weighted by Crippen LogP contribution is -2.49. The van der Waals surface area contributed by atoms with Crippen LogP contribution in [0.15, 0.2) is 29.5 Å². The molecule has 9 rings (SSSR count). The second kappa shape index (κ2) is 27.1. The first-order valence-corrected chi connectivity index (χ1v) is 26.0. The van der Waals surface area contributed by atoms with E-state index in [2.05, 4.69) is 56.6 Å². The zero-order chi connectivity index (χ0) is 56.3. The van der Waals surface area contributed by atoms with Crippen LogP contribution in [0.2, 0.25) is 5.28 Å². The Bertz CT molecular complexity index is 2610. The van der Waals surface area contributed by atoms with Crippen molar-refractivity contribution in [1.29, 1.82) is 0 Å². The summed E-state index contributed by atoms with van der Waals surface area (Å²) in [6, 6.07) is 2.61. The summed E-state index contributed by atoms with van der Waals surface area (Å²) in [5.74, 6) is 2.30. The van der Waals surface area contributed by atoms with Gasteiger partial charge in [0, 0.05) is 89.0 Å². The Balaban J connectivity index is 0.000000173. The number of nitrogens with two attached hydrogens (primary N) is 1. The number of morpholine rings is 4. The van der Waals surface area contributed by atoms with Crippen LogP contribution in [0.1, 0.15) is 65.5 Å². The predicted octanol–water partition coefficient (Wildman–Crippen LogP) is 4.67. The number of pyridine rings is 2. The third-order valence-electron chi connectivity index (χ3n) is 13.7. The molecule has 9 heterocycles. The lowest BCUT2D eigenvalue weighted by molar-refractivity contribution is 0.00578. The van der Waals surface area contributed by atoms with Gasteiger partial charge in [-0.05, 0) is 65.3 Å². The van der Waals surface area contributed by atoms with Gasteiger partial charge in [-0.3, -0.25) is 0 Å². The molecule has 4 aromatic rings. The highest BCUT2D eigenvalue weighted by atomic mass is 35.5. The van der Waals surface area contributed by atoms with Gasteiger partial charge in [-0.15, -0.1) is 0 Å². The molecule has 4 aromatic heterocycles. The van der Waals surface area contributed by atoms with Crippen molar-refractivity contribution in [3.05, 3.63) is 40.9 Å². The van der Waals surface area contributed by atoms with E-state index in [1.165, 1.54) is 24.8 Å². The molecular formula is C49H71BClF4N15O8. The molecule has 0 saturated carbocycles. The summed E-state index contributed by atoms with van der Waals surface area (Å²) < 4.78 is 98.9. The Morgan fingerprint density at radius 3 is 1.63 bits per heavy atom. The fourth-order valence-electron chi connectivity index (χ4n) is 8.79. The molecule has 0 bridgehead atoms. The van der Waals surface area contributed by atoms with Gasteiger partial charge in [0.15, 0.2) is 11.6 Å². The van der Waals surface area contributed by atoms with Gasteiger partial charge in [0.05, 0.1) is 108 Å². The Labute approximate surface area is 457 Å². The maximum absolute atomic E-state index is 13.8. The molecule has 0 amide bonds. The van der Waals surface area contributed by atoms with Crippen LogP contribution in [-0.2, 0) is 37.7 Å². The Morgan fingerprint density at radius 1 is 0.692 bits per heavy atom. The highest BCUT2D eigenvalue weighted by Gasteiger charge is 2.53. The maximum atomic E-state index is 13.8. The Hall–Kier alpha value is -5.46. The molecule has 29 heteroatoms. The third-order valence-corrected chi connectivity index (χ3v) is 13.9. The van der Waals surface area contributed by atoms with Gasteiger partial charge in [0.1, 0.15) is 5.82 Å². The molecule has 78 heavy (non-hydrogen) atoms. The molecule has 23 nitrogen and oxygen atoms in total. The van der Waals surface area contributed by atoms with Crippen LogP contribution in [0, 0.1) is 0 Å². The molecule has 0 aromatic carbocycles. The largest absolute Gasteiger partial charge is 0.496 e. The topological polar surface area (TPSA) is 232 Å². The number of halogens is 5. The van der Waals surface area contributed by atoms with Crippen molar-refractivity contribution in [2.45, 2.75) is 89.8 Å². The van der Waals surface area contributed by atoms with Crippen molar-refractivity contribution in [3.8, 4) is 11.4 Å². The standard InChI is InChI=1S/C20H27F2N7O3.C15H22BF2N3O2.C14H22ClN5O3/c1-12-9-31-5-3-28(12)19-25-18(15-8-24-16(23)7-14(15)17(21)22)26-20(27-19)29-4-6-32-11-13(29)10-30-2;1-14(2)15(3,4)23-16(22-14)11-8-19-12(20-9-21(5)6)7-10(11)13(17)18;1-10-7-22-5-3-19(10)13-16-12(15)17-14(18-13)20-4-6-23-9-11(20)8-21-2/h7-8,12-13,17H,3-6,9-11H2,1-2H3,(H2,23,24);7-9,13H,1-6H3;10-11H,3-9H2,1-2H3/t12-,13-;;10-,11-/m1.1/s1.